The molecule has 1 N–H and O–H groups in total. The molecule has 0 aliphatic heterocycles. The van der Waals surface area contributed by atoms with Crippen LogP contribution in [0.4, 0.5) is 0 Å². The zero-order valence-electron chi connectivity index (χ0n) is 13.2. The highest BCUT2D eigenvalue weighted by Crippen LogP contribution is 2.14. The normalized spacial score (nSPS) is 11.4. The topological polar surface area (TPSA) is 72.8 Å². The number of carbonyl (C=O) groups excluding carboxylic acids is 1. The van der Waals surface area contributed by atoms with Crippen LogP contribution in [0, 0.1) is 0 Å². The molecule has 0 bridgehead atoms. The summed E-state index contributed by atoms with van der Waals surface area (Å²) in [5.74, 6) is -0.189. The van der Waals surface area contributed by atoms with Gasteiger partial charge in [0.05, 0.1) is 6.61 Å². The minimum absolute atomic E-state index is 0.136. The van der Waals surface area contributed by atoms with Crippen molar-refractivity contribution in [2.75, 3.05) is 13.2 Å². The average molecular weight is 321 g/mol. The van der Waals surface area contributed by atoms with Gasteiger partial charge in [-0.2, -0.15) is 0 Å². The molecule has 21 heavy (non-hydrogen) atoms. The van der Waals surface area contributed by atoms with Gasteiger partial charge in [-0.3, -0.25) is 4.79 Å². The van der Waals surface area contributed by atoms with Crippen molar-refractivity contribution >= 4 is 14.2 Å². The van der Waals surface area contributed by atoms with Gasteiger partial charge >= 0.3 is 14.2 Å². The van der Waals surface area contributed by atoms with Crippen LogP contribution in [0.1, 0.15) is 77.6 Å². The van der Waals surface area contributed by atoms with Crippen molar-refractivity contribution in [1.29, 1.82) is 0 Å². The molecule has 0 aromatic heterocycles. The van der Waals surface area contributed by atoms with Gasteiger partial charge in [-0.15, -0.1) is 9.42 Å². The smallest absolute Gasteiger partial charge is 0.466 e. The molecule has 0 fully saturated rings. The molecule has 0 radical (unpaired) electrons. The summed E-state index contributed by atoms with van der Waals surface area (Å²) in [7, 11) is -2.54. The van der Waals surface area contributed by atoms with Gasteiger partial charge in [0.2, 0.25) is 0 Å². The number of rotatable bonds is 15. The Kier molecular flexibility index (Phi) is 15.5. The van der Waals surface area contributed by atoms with E-state index < -0.39 is 8.25 Å². The first-order chi connectivity index (χ1) is 10.2. The average Bonchev–Trinajstić information content (AvgIpc) is 2.45. The maximum Gasteiger partial charge on any atom is 0.694 e. The van der Waals surface area contributed by atoms with E-state index in [4.69, 9.17) is 9.63 Å². The second-order valence-corrected chi connectivity index (χ2v) is 5.96. The molecule has 0 aromatic rings. The van der Waals surface area contributed by atoms with Crippen LogP contribution in [-0.4, -0.2) is 24.1 Å². The summed E-state index contributed by atoms with van der Waals surface area (Å²) in [6.07, 6.45) is 11.9. The highest BCUT2D eigenvalue weighted by Gasteiger charge is 2.10. The standard InChI is InChI=1S/C15H29O5P/c1-2-3-4-5-6-7-8-9-10-12-15(16)19-13-11-14-20-21(17)18/h2-14H2,1H3/p+1. The Labute approximate surface area is 129 Å². The van der Waals surface area contributed by atoms with E-state index in [1.807, 2.05) is 0 Å². The van der Waals surface area contributed by atoms with Crippen molar-refractivity contribution in [3.63, 3.8) is 0 Å². The van der Waals surface area contributed by atoms with Crippen molar-refractivity contribution in [3.8, 4) is 0 Å². The van der Waals surface area contributed by atoms with E-state index in [1.165, 1.54) is 44.9 Å². The number of unbranched alkanes of at least 4 members (excludes halogenated alkanes) is 8. The molecular weight excluding hydrogens is 291 g/mol. The van der Waals surface area contributed by atoms with Crippen molar-refractivity contribution < 1.29 is 23.5 Å². The molecule has 0 aliphatic carbocycles. The molecule has 0 amide bonds. The van der Waals surface area contributed by atoms with Crippen molar-refractivity contribution in [3.05, 3.63) is 0 Å². The number of hydrogen-bond donors (Lipinski definition) is 1. The van der Waals surface area contributed by atoms with E-state index in [0.29, 0.717) is 12.8 Å². The maximum absolute atomic E-state index is 11.4. The van der Waals surface area contributed by atoms with Gasteiger partial charge in [-0.25, -0.2) is 0 Å². The van der Waals surface area contributed by atoms with Gasteiger partial charge in [0, 0.05) is 17.4 Å². The Morgan fingerprint density at radius 1 is 0.905 bits per heavy atom. The fourth-order valence-corrected chi connectivity index (χ4v) is 2.33. The zero-order chi connectivity index (χ0) is 15.8. The summed E-state index contributed by atoms with van der Waals surface area (Å²) < 4.78 is 19.7. The second-order valence-electron chi connectivity index (χ2n) is 5.22. The highest BCUT2D eigenvalue weighted by atomic mass is 31.1. The van der Waals surface area contributed by atoms with E-state index in [-0.39, 0.29) is 19.2 Å². The lowest BCUT2D eigenvalue weighted by atomic mass is 10.1. The third kappa shape index (κ3) is 17.4. The minimum Gasteiger partial charge on any atom is -0.466 e. The molecular formula is C15H30O5P+. The number of ether oxygens (including phenoxy) is 1. The van der Waals surface area contributed by atoms with Gasteiger partial charge in [0.25, 0.3) is 0 Å². The summed E-state index contributed by atoms with van der Waals surface area (Å²) >= 11 is 0. The van der Waals surface area contributed by atoms with Gasteiger partial charge in [-0.1, -0.05) is 58.3 Å². The van der Waals surface area contributed by atoms with Crippen molar-refractivity contribution in [2.45, 2.75) is 77.6 Å². The van der Waals surface area contributed by atoms with Crippen LogP contribution in [-0.2, 0) is 18.6 Å². The highest BCUT2D eigenvalue weighted by molar-refractivity contribution is 7.32. The fraction of sp³-hybridized carbons (Fsp3) is 0.933. The quantitative estimate of drug-likeness (QED) is 0.273. The van der Waals surface area contributed by atoms with Crippen LogP contribution in [0.5, 0.6) is 0 Å². The third-order valence-electron chi connectivity index (χ3n) is 3.24. The molecule has 0 aromatic carbocycles. The molecule has 0 saturated heterocycles. The van der Waals surface area contributed by atoms with Crippen LogP contribution in [0.3, 0.4) is 0 Å². The molecule has 5 nitrogen and oxygen atoms in total. The molecule has 124 valence electrons. The molecule has 0 aliphatic rings. The molecule has 1 unspecified atom stereocenters. The van der Waals surface area contributed by atoms with Crippen LogP contribution in [0.2, 0.25) is 0 Å². The van der Waals surface area contributed by atoms with Crippen LogP contribution in [0.15, 0.2) is 0 Å². The van der Waals surface area contributed by atoms with E-state index in [9.17, 15) is 9.36 Å². The van der Waals surface area contributed by atoms with Crippen LogP contribution < -0.4 is 0 Å². The predicted molar refractivity (Wildman–Crippen MR) is 83.2 cm³/mol. The van der Waals surface area contributed by atoms with Crippen molar-refractivity contribution in [1.82, 2.24) is 0 Å². The fourth-order valence-electron chi connectivity index (χ4n) is 2.04. The van der Waals surface area contributed by atoms with Gasteiger partial charge in [0.15, 0.2) is 0 Å². The van der Waals surface area contributed by atoms with Gasteiger partial charge in [0.1, 0.15) is 6.61 Å². The van der Waals surface area contributed by atoms with E-state index >= 15 is 0 Å². The summed E-state index contributed by atoms with van der Waals surface area (Å²) in [5.41, 5.74) is 0. The lowest BCUT2D eigenvalue weighted by molar-refractivity contribution is -0.144. The number of carbonyl (C=O) groups is 1. The molecule has 0 spiro atoms. The lowest BCUT2D eigenvalue weighted by Crippen LogP contribution is -2.07. The zero-order valence-corrected chi connectivity index (χ0v) is 14.1. The Morgan fingerprint density at radius 3 is 2.05 bits per heavy atom. The number of hydrogen-bond acceptors (Lipinski definition) is 4. The van der Waals surface area contributed by atoms with Crippen LogP contribution in [0.25, 0.3) is 0 Å². The third-order valence-corrected chi connectivity index (χ3v) is 3.64. The molecule has 0 heterocycles. The summed E-state index contributed by atoms with van der Waals surface area (Å²) in [6.45, 7) is 2.61. The van der Waals surface area contributed by atoms with E-state index in [2.05, 4.69) is 11.4 Å². The van der Waals surface area contributed by atoms with E-state index in [1.54, 1.807) is 0 Å². The monoisotopic (exact) mass is 321 g/mol. The van der Waals surface area contributed by atoms with Crippen LogP contribution >= 0.6 is 8.25 Å². The summed E-state index contributed by atoms with van der Waals surface area (Å²) in [6, 6.07) is 0. The lowest BCUT2D eigenvalue weighted by Gasteiger charge is -2.04. The predicted octanol–water partition coefficient (Wildman–Crippen LogP) is 4.51. The Morgan fingerprint density at radius 2 is 1.48 bits per heavy atom. The Balaban J connectivity index is 3.17. The van der Waals surface area contributed by atoms with Crippen molar-refractivity contribution in [2.24, 2.45) is 0 Å². The first kappa shape index (κ1) is 20.5. The largest absolute Gasteiger partial charge is 0.694 e. The number of esters is 1. The summed E-state index contributed by atoms with van der Waals surface area (Å²) in [5, 5.41) is 0. The van der Waals surface area contributed by atoms with Gasteiger partial charge in [-0.05, 0) is 6.42 Å². The maximum atomic E-state index is 11.4. The minimum atomic E-state index is -2.54. The SMILES string of the molecule is CCCCCCCCCCCC(=O)OCCCO[P+](=O)O. The first-order valence-corrected chi connectivity index (χ1v) is 9.24. The van der Waals surface area contributed by atoms with Gasteiger partial charge < -0.3 is 4.74 Å². The Hall–Kier alpha value is -0.510. The summed E-state index contributed by atoms with van der Waals surface area (Å²) in [4.78, 5) is 19.8. The molecule has 1 atom stereocenters. The second kappa shape index (κ2) is 15.9. The molecule has 6 heteroatoms. The molecule has 0 rings (SSSR count). The molecule has 0 saturated carbocycles. The van der Waals surface area contributed by atoms with E-state index in [0.717, 1.165) is 12.8 Å². The Bertz CT molecular complexity index is 271. The first-order valence-electron chi connectivity index (χ1n) is 8.11.